The van der Waals surface area contributed by atoms with E-state index in [9.17, 15) is 9.50 Å². The molecule has 0 saturated heterocycles. The standard InChI is InChI=1S/C9H10BrFO/c1-5-3-7(6(2)12)4-8(10)9(5)11/h3-4,6,12H,1-2H3. The molecule has 0 aromatic heterocycles. The lowest BCUT2D eigenvalue weighted by Gasteiger charge is -2.07. The minimum absolute atomic E-state index is 0.264. The maximum atomic E-state index is 13.0. The summed E-state index contributed by atoms with van der Waals surface area (Å²) in [5.74, 6) is -0.264. The predicted octanol–water partition coefficient (Wildman–Crippen LogP) is 2.95. The van der Waals surface area contributed by atoms with Gasteiger partial charge >= 0.3 is 0 Å². The summed E-state index contributed by atoms with van der Waals surface area (Å²) in [6, 6.07) is 3.23. The molecule has 0 aliphatic heterocycles. The molecule has 66 valence electrons. The maximum Gasteiger partial charge on any atom is 0.140 e. The normalized spacial score (nSPS) is 13.1. The van der Waals surface area contributed by atoms with E-state index in [1.165, 1.54) is 0 Å². The van der Waals surface area contributed by atoms with Gasteiger partial charge in [-0.1, -0.05) is 6.07 Å². The van der Waals surface area contributed by atoms with Crippen LogP contribution in [0.2, 0.25) is 0 Å². The van der Waals surface area contributed by atoms with E-state index < -0.39 is 6.10 Å². The molecular weight excluding hydrogens is 223 g/mol. The van der Waals surface area contributed by atoms with Crippen molar-refractivity contribution in [2.75, 3.05) is 0 Å². The van der Waals surface area contributed by atoms with Gasteiger partial charge in [0.2, 0.25) is 0 Å². The van der Waals surface area contributed by atoms with Crippen molar-refractivity contribution in [1.82, 2.24) is 0 Å². The van der Waals surface area contributed by atoms with Crippen molar-refractivity contribution in [2.24, 2.45) is 0 Å². The third-order valence-electron chi connectivity index (χ3n) is 1.71. The lowest BCUT2D eigenvalue weighted by atomic mass is 10.1. The summed E-state index contributed by atoms with van der Waals surface area (Å²) >= 11 is 3.08. The summed E-state index contributed by atoms with van der Waals surface area (Å²) in [7, 11) is 0. The number of aryl methyl sites for hydroxylation is 1. The zero-order valence-electron chi connectivity index (χ0n) is 6.94. The lowest BCUT2D eigenvalue weighted by Crippen LogP contribution is -1.94. The average Bonchev–Trinajstić information content (AvgIpc) is 1.99. The second-order valence-corrected chi connectivity index (χ2v) is 3.66. The summed E-state index contributed by atoms with van der Waals surface area (Å²) in [5.41, 5.74) is 1.26. The van der Waals surface area contributed by atoms with E-state index in [0.29, 0.717) is 10.0 Å². The van der Waals surface area contributed by atoms with Gasteiger partial charge in [0.05, 0.1) is 10.6 Å². The first kappa shape index (κ1) is 9.68. The molecule has 0 aliphatic carbocycles. The van der Waals surface area contributed by atoms with Crippen LogP contribution in [0, 0.1) is 12.7 Å². The minimum Gasteiger partial charge on any atom is -0.389 e. The van der Waals surface area contributed by atoms with Gasteiger partial charge in [0.25, 0.3) is 0 Å². The molecule has 0 bridgehead atoms. The molecule has 1 rings (SSSR count). The molecule has 1 aromatic carbocycles. The van der Waals surface area contributed by atoms with Crippen molar-refractivity contribution < 1.29 is 9.50 Å². The summed E-state index contributed by atoms with van der Waals surface area (Å²) in [5, 5.41) is 9.22. The van der Waals surface area contributed by atoms with E-state index in [0.717, 1.165) is 5.56 Å². The topological polar surface area (TPSA) is 20.2 Å². The highest BCUT2D eigenvalue weighted by molar-refractivity contribution is 9.10. The highest BCUT2D eigenvalue weighted by Gasteiger charge is 2.07. The lowest BCUT2D eigenvalue weighted by molar-refractivity contribution is 0.199. The van der Waals surface area contributed by atoms with Gasteiger partial charge in [-0.15, -0.1) is 0 Å². The van der Waals surface area contributed by atoms with E-state index in [1.54, 1.807) is 26.0 Å². The van der Waals surface area contributed by atoms with Crippen molar-refractivity contribution in [3.05, 3.63) is 33.5 Å². The van der Waals surface area contributed by atoms with E-state index >= 15 is 0 Å². The third-order valence-corrected chi connectivity index (χ3v) is 2.29. The van der Waals surface area contributed by atoms with Crippen molar-refractivity contribution in [3.8, 4) is 0 Å². The largest absolute Gasteiger partial charge is 0.389 e. The monoisotopic (exact) mass is 232 g/mol. The Labute approximate surface area is 79.4 Å². The molecule has 0 saturated carbocycles. The zero-order valence-corrected chi connectivity index (χ0v) is 8.52. The van der Waals surface area contributed by atoms with Crippen LogP contribution in [0.25, 0.3) is 0 Å². The number of aliphatic hydroxyl groups excluding tert-OH is 1. The van der Waals surface area contributed by atoms with Gasteiger partial charge in [0, 0.05) is 0 Å². The molecule has 1 aromatic rings. The molecule has 0 amide bonds. The van der Waals surface area contributed by atoms with Gasteiger partial charge < -0.3 is 5.11 Å². The van der Waals surface area contributed by atoms with Crippen LogP contribution in [0.4, 0.5) is 4.39 Å². The summed E-state index contributed by atoms with van der Waals surface area (Å²) in [6.07, 6.45) is -0.555. The molecule has 3 heteroatoms. The highest BCUT2D eigenvalue weighted by Crippen LogP contribution is 2.24. The van der Waals surface area contributed by atoms with Crippen LogP contribution in [0.3, 0.4) is 0 Å². The minimum atomic E-state index is -0.555. The molecule has 0 heterocycles. The predicted molar refractivity (Wildman–Crippen MR) is 49.5 cm³/mol. The molecule has 1 atom stereocenters. The Morgan fingerprint density at radius 3 is 2.50 bits per heavy atom. The van der Waals surface area contributed by atoms with Gasteiger partial charge in [-0.3, -0.25) is 0 Å². The van der Waals surface area contributed by atoms with Crippen LogP contribution in [0.15, 0.2) is 16.6 Å². The second kappa shape index (κ2) is 3.54. The van der Waals surface area contributed by atoms with Gasteiger partial charge in [-0.25, -0.2) is 4.39 Å². The number of benzene rings is 1. The maximum absolute atomic E-state index is 13.0. The quantitative estimate of drug-likeness (QED) is 0.790. The van der Waals surface area contributed by atoms with Crippen LogP contribution >= 0.6 is 15.9 Å². The number of rotatable bonds is 1. The summed E-state index contributed by atoms with van der Waals surface area (Å²) in [6.45, 7) is 3.32. The van der Waals surface area contributed by atoms with E-state index in [-0.39, 0.29) is 5.82 Å². The molecule has 0 aliphatic rings. The van der Waals surface area contributed by atoms with Crippen molar-refractivity contribution in [2.45, 2.75) is 20.0 Å². The van der Waals surface area contributed by atoms with E-state index in [1.807, 2.05) is 0 Å². The van der Waals surface area contributed by atoms with E-state index in [2.05, 4.69) is 15.9 Å². The Hall–Kier alpha value is -0.410. The smallest absolute Gasteiger partial charge is 0.140 e. The van der Waals surface area contributed by atoms with Crippen LogP contribution in [0.5, 0.6) is 0 Å². The van der Waals surface area contributed by atoms with Gasteiger partial charge in [-0.2, -0.15) is 0 Å². The first-order chi connectivity index (χ1) is 5.52. The first-order valence-electron chi connectivity index (χ1n) is 3.66. The Kier molecular flexibility index (Phi) is 2.85. The second-order valence-electron chi connectivity index (χ2n) is 2.81. The van der Waals surface area contributed by atoms with Crippen molar-refractivity contribution in [1.29, 1.82) is 0 Å². The Bertz CT molecular complexity index is 274. The first-order valence-corrected chi connectivity index (χ1v) is 4.45. The van der Waals surface area contributed by atoms with E-state index in [4.69, 9.17) is 0 Å². The SMILES string of the molecule is Cc1cc(C(C)O)cc(Br)c1F. The zero-order chi connectivity index (χ0) is 9.30. The molecule has 0 fully saturated rings. The Balaban J connectivity index is 3.21. The molecular formula is C9H10BrFO. The molecule has 1 N–H and O–H groups in total. The molecule has 1 unspecified atom stereocenters. The molecule has 12 heavy (non-hydrogen) atoms. The molecule has 0 spiro atoms. The molecule has 0 radical (unpaired) electrons. The fraction of sp³-hybridized carbons (Fsp3) is 0.333. The van der Waals surface area contributed by atoms with Crippen LogP contribution in [-0.4, -0.2) is 5.11 Å². The molecule has 1 nitrogen and oxygen atoms in total. The average molecular weight is 233 g/mol. The summed E-state index contributed by atoms with van der Waals surface area (Å²) < 4.78 is 13.4. The van der Waals surface area contributed by atoms with Gasteiger partial charge in [-0.05, 0) is 47.0 Å². The van der Waals surface area contributed by atoms with Gasteiger partial charge in [0.15, 0.2) is 0 Å². The van der Waals surface area contributed by atoms with Gasteiger partial charge in [0.1, 0.15) is 5.82 Å². The fourth-order valence-electron chi connectivity index (χ4n) is 0.994. The number of aliphatic hydroxyl groups is 1. The fourth-order valence-corrected chi connectivity index (χ4v) is 1.57. The third kappa shape index (κ3) is 1.84. The number of halogens is 2. The Morgan fingerprint density at radius 1 is 1.50 bits per heavy atom. The van der Waals surface area contributed by atoms with Crippen LogP contribution in [-0.2, 0) is 0 Å². The number of hydrogen-bond donors (Lipinski definition) is 1. The summed E-state index contributed by atoms with van der Waals surface area (Å²) in [4.78, 5) is 0. The number of hydrogen-bond acceptors (Lipinski definition) is 1. The Morgan fingerprint density at radius 2 is 2.08 bits per heavy atom. The highest BCUT2D eigenvalue weighted by atomic mass is 79.9. The van der Waals surface area contributed by atoms with Crippen molar-refractivity contribution >= 4 is 15.9 Å². The van der Waals surface area contributed by atoms with Crippen LogP contribution < -0.4 is 0 Å². The van der Waals surface area contributed by atoms with Crippen molar-refractivity contribution in [3.63, 3.8) is 0 Å². The van der Waals surface area contributed by atoms with Crippen LogP contribution in [0.1, 0.15) is 24.2 Å².